The monoisotopic (exact) mass is 365 g/mol. The van der Waals surface area contributed by atoms with Crippen molar-refractivity contribution in [3.05, 3.63) is 71.2 Å². The lowest BCUT2D eigenvalue weighted by Crippen LogP contribution is -2.40. The fourth-order valence-corrected chi connectivity index (χ4v) is 3.31. The summed E-state index contributed by atoms with van der Waals surface area (Å²) in [4.78, 5) is 40.6. The molecule has 2 heterocycles. The van der Waals surface area contributed by atoms with Gasteiger partial charge in [0, 0.05) is 23.6 Å². The predicted molar refractivity (Wildman–Crippen MR) is 96.8 cm³/mol. The zero-order valence-corrected chi connectivity index (χ0v) is 14.3. The quantitative estimate of drug-likeness (QED) is 0.681. The number of amides is 3. The van der Waals surface area contributed by atoms with Crippen molar-refractivity contribution in [2.24, 2.45) is 0 Å². The first kappa shape index (κ1) is 17.0. The molecule has 0 fully saturated rings. The molecule has 27 heavy (non-hydrogen) atoms. The van der Waals surface area contributed by atoms with Crippen molar-refractivity contribution in [1.29, 1.82) is 0 Å². The van der Waals surface area contributed by atoms with Gasteiger partial charge in [0.15, 0.2) is 0 Å². The first-order valence-electron chi connectivity index (χ1n) is 8.52. The predicted octanol–water partition coefficient (Wildman–Crippen LogP) is 2.26. The molecule has 6 nitrogen and oxygen atoms in total. The summed E-state index contributed by atoms with van der Waals surface area (Å²) in [6, 6.07) is 11.7. The minimum atomic E-state index is -0.778. The van der Waals surface area contributed by atoms with Gasteiger partial charge in [-0.2, -0.15) is 0 Å². The van der Waals surface area contributed by atoms with Crippen molar-refractivity contribution < 1.29 is 18.8 Å². The molecule has 0 spiro atoms. The minimum absolute atomic E-state index is 0.00778. The number of aromatic amines is 1. The first-order valence-corrected chi connectivity index (χ1v) is 8.52. The number of carbonyl (C=O) groups excluding carboxylic acids is 3. The van der Waals surface area contributed by atoms with Crippen LogP contribution in [-0.4, -0.2) is 40.7 Å². The van der Waals surface area contributed by atoms with E-state index in [1.54, 1.807) is 0 Å². The normalized spacial score (nSPS) is 13.3. The third kappa shape index (κ3) is 2.97. The van der Waals surface area contributed by atoms with Gasteiger partial charge in [-0.3, -0.25) is 19.3 Å². The Balaban J connectivity index is 1.37. The number of halogens is 1. The maximum atomic E-state index is 13.8. The molecular weight excluding hydrogens is 349 g/mol. The molecule has 1 aliphatic rings. The number of fused-ring (bicyclic) bond motifs is 2. The van der Waals surface area contributed by atoms with E-state index >= 15 is 0 Å². The molecule has 4 rings (SSSR count). The second-order valence-corrected chi connectivity index (χ2v) is 6.32. The highest BCUT2D eigenvalue weighted by Crippen LogP contribution is 2.24. The van der Waals surface area contributed by atoms with Gasteiger partial charge in [-0.15, -0.1) is 0 Å². The fraction of sp³-hybridized carbons (Fsp3) is 0.150. The van der Waals surface area contributed by atoms with Gasteiger partial charge in [0.25, 0.3) is 11.8 Å². The van der Waals surface area contributed by atoms with Crippen molar-refractivity contribution in [2.75, 3.05) is 13.1 Å². The van der Waals surface area contributed by atoms with Crippen molar-refractivity contribution in [2.45, 2.75) is 6.42 Å². The standard InChI is InChI=1S/C20H16FN3O3/c21-15-6-3-5-14-18(15)20(27)24(19(14)26)11-17(25)22-9-8-12-10-23-16-7-2-1-4-13(12)16/h1-7,10,23H,8-9,11H2,(H,22,25). The van der Waals surface area contributed by atoms with E-state index in [0.717, 1.165) is 27.4 Å². The summed E-state index contributed by atoms with van der Waals surface area (Å²) in [5, 5.41) is 3.79. The molecule has 1 aromatic heterocycles. The van der Waals surface area contributed by atoms with E-state index in [9.17, 15) is 18.8 Å². The van der Waals surface area contributed by atoms with Gasteiger partial charge >= 0.3 is 0 Å². The van der Waals surface area contributed by atoms with Gasteiger partial charge in [0.2, 0.25) is 5.91 Å². The fourth-order valence-electron chi connectivity index (χ4n) is 3.31. The van der Waals surface area contributed by atoms with Crippen molar-refractivity contribution in [3.63, 3.8) is 0 Å². The second-order valence-electron chi connectivity index (χ2n) is 6.32. The van der Waals surface area contributed by atoms with E-state index in [-0.39, 0.29) is 11.1 Å². The van der Waals surface area contributed by atoms with Crippen LogP contribution in [0.3, 0.4) is 0 Å². The van der Waals surface area contributed by atoms with Crippen LogP contribution in [0.25, 0.3) is 10.9 Å². The summed E-state index contributed by atoms with van der Waals surface area (Å²) in [5.74, 6) is -2.65. The largest absolute Gasteiger partial charge is 0.361 e. The molecular formula is C20H16FN3O3. The lowest BCUT2D eigenvalue weighted by Gasteiger charge is -2.13. The molecule has 7 heteroatoms. The number of hydrogen-bond donors (Lipinski definition) is 2. The lowest BCUT2D eigenvalue weighted by molar-refractivity contribution is -0.121. The Morgan fingerprint density at radius 2 is 1.89 bits per heavy atom. The molecule has 0 atom stereocenters. The summed E-state index contributed by atoms with van der Waals surface area (Å²) in [5.41, 5.74) is 1.81. The number of imide groups is 1. The molecule has 0 unspecified atom stereocenters. The Bertz CT molecular complexity index is 1070. The highest BCUT2D eigenvalue weighted by molar-refractivity contribution is 6.22. The van der Waals surface area contributed by atoms with Crippen LogP contribution in [0.5, 0.6) is 0 Å². The Morgan fingerprint density at radius 1 is 1.07 bits per heavy atom. The Labute approximate surface area is 154 Å². The summed E-state index contributed by atoms with van der Waals surface area (Å²) < 4.78 is 13.8. The van der Waals surface area contributed by atoms with Gasteiger partial charge in [-0.1, -0.05) is 24.3 Å². The zero-order valence-electron chi connectivity index (χ0n) is 14.3. The highest BCUT2D eigenvalue weighted by Gasteiger charge is 2.38. The molecule has 0 aliphatic carbocycles. The Morgan fingerprint density at radius 3 is 2.70 bits per heavy atom. The average molecular weight is 365 g/mol. The van der Waals surface area contributed by atoms with E-state index in [1.807, 2.05) is 30.5 Å². The topological polar surface area (TPSA) is 82.3 Å². The van der Waals surface area contributed by atoms with E-state index < -0.39 is 30.1 Å². The number of rotatable bonds is 5. The molecule has 0 saturated heterocycles. The van der Waals surface area contributed by atoms with E-state index in [0.29, 0.717) is 13.0 Å². The van der Waals surface area contributed by atoms with Crippen LogP contribution in [0, 0.1) is 5.82 Å². The van der Waals surface area contributed by atoms with Crippen LogP contribution >= 0.6 is 0 Å². The van der Waals surface area contributed by atoms with E-state index in [1.165, 1.54) is 12.1 Å². The summed E-state index contributed by atoms with van der Waals surface area (Å²) in [6.07, 6.45) is 2.50. The van der Waals surface area contributed by atoms with Crippen LogP contribution in [0.1, 0.15) is 26.3 Å². The van der Waals surface area contributed by atoms with E-state index in [2.05, 4.69) is 10.3 Å². The maximum Gasteiger partial charge on any atom is 0.265 e. The molecule has 3 amide bonds. The van der Waals surface area contributed by atoms with Crippen molar-refractivity contribution >= 4 is 28.6 Å². The number of nitrogens with one attached hydrogen (secondary N) is 2. The van der Waals surface area contributed by atoms with Crippen LogP contribution in [0.4, 0.5) is 4.39 Å². The molecule has 136 valence electrons. The van der Waals surface area contributed by atoms with Crippen LogP contribution in [0.15, 0.2) is 48.7 Å². The number of hydrogen-bond acceptors (Lipinski definition) is 3. The van der Waals surface area contributed by atoms with Gasteiger partial charge in [0.05, 0.1) is 11.1 Å². The second kappa shape index (κ2) is 6.68. The van der Waals surface area contributed by atoms with Crippen LogP contribution in [0.2, 0.25) is 0 Å². The van der Waals surface area contributed by atoms with Crippen LogP contribution in [-0.2, 0) is 11.2 Å². The number of H-pyrrole nitrogens is 1. The molecule has 2 N–H and O–H groups in total. The number of para-hydroxylation sites is 1. The minimum Gasteiger partial charge on any atom is -0.361 e. The molecule has 0 saturated carbocycles. The molecule has 0 bridgehead atoms. The van der Waals surface area contributed by atoms with Gasteiger partial charge < -0.3 is 10.3 Å². The smallest absolute Gasteiger partial charge is 0.265 e. The maximum absolute atomic E-state index is 13.8. The van der Waals surface area contributed by atoms with Crippen LogP contribution < -0.4 is 5.32 Å². The van der Waals surface area contributed by atoms with E-state index in [4.69, 9.17) is 0 Å². The van der Waals surface area contributed by atoms with Crippen molar-refractivity contribution in [1.82, 2.24) is 15.2 Å². The third-order valence-electron chi connectivity index (χ3n) is 4.64. The number of benzene rings is 2. The van der Waals surface area contributed by atoms with Gasteiger partial charge in [-0.05, 0) is 30.2 Å². The molecule has 0 radical (unpaired) electrons. The summed E-state index contributed by atoms with van der Waals surface area (Å²) in [6.45, 7) is -0.0715. The number of carbonyl (C=O) groups is 3. The third-order valence-corrected chi connectivity index (χ3v) is 4.64. The summed E-state index contributed by atoms with van der Waals surface area (Å²) in [7, 11) is 0. The SMILES string of the molecule is O=C(CN1C(=O)c2cccc(F)c2C1=O)NCCc1c[nH]c2ccccc12. The number of nitrogens with zero attached hydrogens (tertiary/aromatic N) is 1. The molecule has 2 aromatic carbocycles. The van der Waals surface area contributed by atoms with Gasteiger partial charge in [-0.25, -0.2) is 4.39 Å². The first-order chi connectivity index (χ1) is 13.1. The Kier molecular flexibility index (Phi) is 4.19. The molecule has 3 aromatic rings. The van der Waals surface area contributed by atoms with Gasteiger partial charge in [0.1, 0.15) is 12.4 Å². The van der Waals surface area contributed by atoms with Crippen molar-refractivity contribution in [3.8, 4) is 0 Å². The zero-order chi connectivity index (χ0) is 19.0. The molecule has 1 aliphatic heterocycles. The summed E-state index contributed by atoms with van der Waals surface area (Å²) >= 11 is 0. The lowest BCUT2D eigenvalue weighted by atomic mass is 10.1. The average Bonchev–Trinajstić information content (AvgIpc) is 3.17. The highest BCUT2D eigenvalue weighted by atomic mass is 19.1. The Hall–Kier alpha value is -3.48. The number of aromatic nitrogens is 1.